The molecule has 7 nitrogen and oxygen atoms in total. The Morgan fingerprint density at radius 1 is 1.40 bits per heavy atom. The maximum atomic E-state index is 13.0. The number of hydrogen-bond donors (Lipinski definition) is 1. The van der Waals surface area contributed by atoms with Gasteiger partial charge in [-0.15, -0.1) is 0 Å². The van der Waals surface area contributed by atoms with Crippen molar-refractivity contribution in [1.82, 2.24) is 19.5 Å². The molecule has 2 aromatic rings. The van der Waals surface area contributed by atoms with Gasteiger partial charge in [0.25, 0.3) is 11.8 Å². The molecular formula is C18H25N5O2. The lowest BCUT2D eigenvalue weighted by molar-refractivity contribution is 0.0655. The fourth-order valence-corrected chi connectivity index (χ4v) is 3.44. The molecule has 0 bridgehead atoms. The lowest BCUT2D eigenvalue weighted by Gasteiger charge is -2.33. The van der Waals surface area contributed by atoms with Crippen LogP contribution in [0.5, 0.6) is 0 Å². The third kappa shape index (κ3) is 3.65. The summed E-state index contributed by atoms with van der Waals surface area (Å²) < 4.78 is 1.42. The molecule has 0 spiro atoms. The highest BCUT2D eigenvalue weighted by molar-refractivity contribution is 5.99. The summed E-state index contributed by atoms with van der Waals surface area (Å²) in [5.74, 6) is 0.568. The second-order valence-electron chi connectivity index (χ2n) is 7.22. The standard InChI is InChI=1S/C18H25N5O2/c1-12(2)5-6-13-4-3-9-22(11-13)18(25)15-7-8-20-17-14(16(19)24)10-21-23(15)17/h7-8,10,12-13H,3-6,9,11H2,1-2H3,(H2,19,24)/t13-/m1/s1. The summed E-state index contributed by atoms with van der Waals surface area (Å²) in [5.41, 5.74) is 6.31. The van der Waals surface area contributed by atoms with Crippen LogP contribution in [0.4, 0.5) is 0 Å². The molecule has 0 saturated carbocycles. The van der Waals surface area contributed by atoms with E-state index in [4.69, 9.17) is 5.73 Å². The number of rotatable bonds is 5. The molecule has 3 rings (SSSR count). The first-order valence-electron chi connectivity index (χ1n) is 8.89. The predicted octanol–water partition coefficient (Wildman–Crippen LogP) is 2.12. The van der Waals surface area contributed by atoms with Gasteiger partial charge in [-0.05, 0) is 37.2 Å². The van der Waals surface area contributed by atoms with Gasteiger partial charge in [0.05, 0.1) is 6.20 Å². The van der Waals surface area contributed by atoms with E-state index in [2.05, 4.69) is 23.9 Å². The van der Waals surface area contributed by atoms with E-state index in [-0.39, 0.29) is 11.5 Å². The van der Waals surface area contributed by atoms with E-state index in [0.29, 0.717) is 23.2 Å². The first kappa shape index (κ1) is 17.4. The molecule has 3 heterocycles. The molecule has 2 amide bonds. The first-order valence-corrected chi connectivity index (χ1v) is 8.89. The number of amides is 2. The van der Waals surface area contributed by atoms with Crippen LogP contribution in [0.1, 0.15) is 60.4 Å². The van der Waals surface area contributed by atoms with E-state index in [1.165, 1.54) is 29.8 Å². The van der Waals surface area contributed by atoms with Crippen molar-refractivity contribution < 1.29 is 9.59 Å². The number of nitrogens with zero attached hydrogens (tertiary/aromatic N) is 4. The number of piperidine rings is 1. The van der Waals surface area contributed by atoms with E-state index >= 15 is 0 Å². The number of likely N-dealkylation sites (tertiary alicyclic amines) is 1. The van der Waals surface area contributed by atoms with Crippen LogP contribution in [0, 0.1) is 11.8 Å². The second-order valence-corrected chi connectivity index (χ2v) is 7.22. The first-order chi connectivity index (χ1) is 12.0. The SMILES string of the molecule is CC(C)CC[C@H]1CCCN(C(=O)c2ccnc3c(C(N)=O)cnn23)C1. The minimum Gasteiger partial charge on any atom is -0.365 e. The Bertz CT molecular complexity index is 783. The fraction of sp³-hybridized carbons (Fsp3) is 0.556. The van der Waals surface area contributed by atoms with E-state index < -0.39 is 5.91 Å². The minimum absolute atomic E-state index is 0.0687. The Labute approximate surface area is 147 Å². The highest BCUT2D eigenvalue weighted by Crippen LogP contribution is 2.24. The molecule has 1 aliphatic rings. The van der Waals surface area contributed by atoms with E-state index in [1.54, 1.807) is 6.07 Å². The van der Waals surface area contributed by atoms with Gasteiger partial charge < -0.3 is 10.6 Å². The zero-order valence-corrected chi connectivity index (χ0v) is 14.8. The van der Waals surface area contributed by atoms with Crippen molar-refractivity contribution in [2.45, 2.75) is 39.5 Å². The van der Waals surface area contributed by atoms with Crippen LogP contribution in [0.15, 0.2) is 18.5 Å². The summed E-state index contributed by atoms with van der Waals surface area (Å²) in [5, 5.41) is 4.14. The van der Waals surface area contributed by atoms with Gasteiger partial charge in [-0.2, -0.15) is 5.10 Å². The zero-order chi connectivity index (χ0) is 18.0. The molecule has 1 fully saturated rings. The van der Waals surface area contributed by atoms with Gasteiger partial charge in [0.15, 0.2) is 5.65 Å². The molecule has 2 aromatic heterocycles. The molecule has 134 valence electrons. The van der Waals surface area contributed by atoms with Crippen LogP contribution in [-0.2, 0) is 0 Å². The van der Waals surface area contributed by atoms with Crippen molar-refractivity contribution in [3.8, 4) is 0 Å². The van der Waals surface area contributed by atoms with Crippen LogP contribution in [0.25, 0.3) is 5.65 Å². The van der Waals surface area contributed by atoms with Crippen molar-refractivity contribution in [3.05, 3.63) is 29.7 Å². The van der Waals surface area contributed by atoms with E-state index in [1.807, 2.05) is 4.90 Å². The van der Waals surface area contributed by atoms with Crippen molar-refractivity contribution >= 4 is 17.5 Å². The lowest BCUT2D eigenvalue weighted by Crippen LogP contribution is -2.40. The van der Waals surface area contributed by atoms with Gasteiger partial charge in [-0.1, -0.05) is 20.3 Å². The summed E-state index contributed by atoms with van der Waals surface area (Å²) in [4.78, 5) is 30.5. The van der Waals surface area contributed by atoms with Gasteiger partial charge in [0.2, 0.25) is 0 Å². The number of fused-ring (bicyclic) bond motifs is 1. The topological polar surface area (TPSA) is 93.6 Å². The number of primary amides is 1. The summed E-state index contributed by atoms with van der Waals surface area (Å²) in [6.07, 6.45) is 7.43. The van der Waals surface area contributed by atoms with Crippen LogP contribution in [0.3, 0.4) is 0 Å². The number of carbonyl (C=O) groups is 2. The summed E-state index contributed by atoms with van der Waals surface area (Å²) in [7, 11) is 0. The van der Waals surface area contributed by atoms with Gasteiger partial charge in [-0.25, -0.2) is 9.50 Å². The maximum absolute atomic E-state index is 13.0. The molecule has 1 atom stereocenters. The highest BCUT2D eigenvalue weighted by atomic mass is 16.2. The number of nitrogens with two attached hydrogens (primary N) is 1. The minimum atomic E-state index is -0.598. The smallest absolute Gasteiger partial charge is 0.272 e. The Kier molecular flexibility index (Phi) is 5.01. The van der Waals surface area contributed by atoms with Crippen LogP contribution < -0.4 is 5.73 Å². The predicted molar refractivity (Wildman–Crippen MR) is 94.2 cm³/mol. The average Bonchev–Trinajstić information content (AvgIpc) is 3.04. The molecule has 0 aliphatic carbocycles. The molecule has 1 aliphatic heterocycles. The number of hydrogen-bond acceptors (Lipinski definition) is 4. The Morgan fingerprint density at radius 3 is 2.92 bits per heavy atom. The van der Waals surface area contributed by atoms with Crippen molar-refractivity contribution in [1.29, 1.82) is 0 Å². The second kappa shape index (κ2) is 7.21. The fourth-order valence-electron chi connectivity index (χ4n) is 3.44. The van der Waals surface area contributed by atoms with Crippen LogP contribution in [-0.4, -0.2) is 44.4 Å². The summed E-state index contributed by atoms with van der Waals surface area (Å²) in [6.45, 7) is 5.99. The van der Waals surface area contributed by atoms with Gasteiger partial charge in [0.1, 0.15) is 11.3 Å². The molecule has 1 saturated heterocycles. The largest absolute Gasteiger partial charge is 0.365 e. The van der Waals surface area contributed by atoms with Crippen molar-refractivity contribution in [2.24, 2.45) is 17.6 Å². The highest BCUT2D eigenvalue weighted by Gasteiger charge is 2.26. The summed E-state index contributed by atoms with van der Waals surface area (Å²) in [6, 6.07) is 1.64. The van der Waals surface area contributed by atoms with E-state index in [9.17, 15) is 9.59 Å². The number of aromatic nitrogens is 3. The van der Waals surface area contributed by atoms with Crippen molar-refractivity contribution in [3.63, 3.8) is 0 Å². The monoisotopic (exact) mass is 343 g/mol. The zero-order valence-electron chi connectivity index (χ0n) is 14.8. The van der Waals surface area contributed by atoms with Gasteiger partial charge >= 0.3 is 0 Å². The van der Waals surface area contributed by atoms with E-state index in [0.717, 1.165) is 25.9 Å². The number of carbonyl (C=O) groups excluding carboxylic acids is 2. The van der Waals surface area contributed by atoms with Gasteiger partial charge in [-0.3, -0.25) is 9.59 Å². The average molecular weight is 343 g/mol. The third-order valence-electron chi connectivity index (χ3n) is 4.84. The quantitative estimate of drug-likeness (QED) is 0.900. The van der Waals surface area contributed by atoms with Gasteiger partial charge in [0, 0.05) is 19.3 Å². The Hall–Kier alpha value is -2.44. The van der Waals surface area contributed by atoms with Crippen LogP contribution >= 0.6 is 0 Å². The molecular weight excluding hydrogens is 318 g/mol. The molecule has 25 heavy (non-hydrogen) atoms. The third-order valence-corrected chi connectivity index (χ3v) is 4.84. The maximum Gasteiger partial charge on any atom is 0.272 e. The molecule has 0 unspecified atom stereocenters. The molecule has 0 aromatic carbocycles. The van der Waals surface area contributed by atoms with Crippen molar-refractivity contribution in [2.75, 3.05) is 13.1 Å². The normalized spacial score (nSPS) is 18.0. The lowest BCUT2D eigenvalue weighted by atomic mass is 9.90. The van der Waals surface area contributed by atoms with Crippen LogP contribution in [0.2, 0.25) is 0 Å². The molecule has 2 N–H and O–H groups in total. The molecule has 0 radical (unpaired) electrons. The Morgan fingerprint density at radius 2 is 2.20 bits per heavy atom. The summed E-state index contributed by atoms with van der Waals surface area (Å²) >= 11 is 0. The molecule has 7 heteroatoms. The Balaban J connectivity index is 1.81.